The van der Waals surface area contributed by atoms with E-state index in [1.165, 1.54) is 37.9 Å². The van der Waals surface area contributed by atoms with E-state index in [4.69, 9.17) is 0 Å². The molecule has 0 bridgehead atoms. The molecule has 0 saturated heterocycles. The van der Waals surface area contributed by atoms with Gasteiger partial charge in [0.05, 0.1) is 6.04 Å². The van der Waals surface area contributed by atoms with Gasteiger partial charge in [-0.1, -0.05) is 33.1 Å². The van der Waals surface area contributed by atoms with Crippen LogP contribution in [0.4, 0.5) is 0 Å². The predicted octanol–water partition coefficient (Wildman–Crippen LogP) is 2.95. The highest BCUT2D eigenvalue weighted by Gasteiger charge is 2.29. The van der Waals surface area contributed by atoms with Crippen molar-refractivity contribution in [2.45, 2.75) is 76.6 Å². The van der Waals surface area contributed by atoms with Gasteiger partial charge < -0.3 is 10.6 Å². The largest absolute Gasteiger partial charge is 0.355 e. The summed E-state index contributed by atoms with van der Waals surface area (Å²) in [6.07, 6.45) is 7.28. The third kappa shape index (κ3) is 6.17. The van der Waals surface area contributed by atoms with Gasteiger partial charge in [-0.25, -0.2) is 0 Å². The van der Waals surface area contributed by atoms with Crippen molar-refractivity contribution in [2.75, 3.05) is 12.3 Å². The molecule has 0 heterocycles. The standard InChI is InChI=1S/C15H30N2OS/c1-4-6-7-11-16-15(18)12(3)17-13-9-8-10-14(13)19-5-2/h12-14,17H,4-11H2,1-3H3,(H,16,18). The molecule has 4 heteroatoms. The van der Waals surface area contributed by atoms with Crippen molar-refractivity contribution in [2.24, 2.45) is 0 Å². The minimum absolute atomic E-state index is 0.0651. The summed E-state index contributed by atoms with van der Waals surface area (Å²) in [5.74, 6) is 1.32. The Morgan fingerprint density at radius 1 is 1.32 bits per heavy atom. The Morgan fingerprint density at radius 3 is 2.79 bits per heavy atom. The monoisotopic (exact) mass is 286 g/mol. The van der Waals surface area contributed by atoms with Crippen molar-refractivity contribution in [3.8, 4) is 0 Å². The Hall–Kier alpha value is -0.220. The van der Waals surface area contributed by atoms with Crippen molar-refractivity contribution in [3.63, 3.8) is 0 Å². The van der Waals surface area contributed by atoms with E-state index in [-0.39, 0.29) is 11.9 Å². The van der Waals surface area contributed by atoms with Crippen LogP contribution in [0.1, 0.15) is 59.3 Å². The van der Waals surface area contributed by atoms with Crippen LogP contribution in [0.15, 0.2) is 0 Å². The SMILES string of the molecule is CCCCCNC(=O)C(C)NC1CCCC1SCC. The molecule has 1 fully saturated rings. The molecule has 0 radical (unpaired) electrons. The van der Waals surface area contributed by atoms with Crippen molar-refractivity contribution in [1.29, 1.82) is 0 Å². The number of carbonyl (C=O) groups excluding carboxylic acids is 1. The van der Waals surface area contributed by atoms with Crippen molar-refractivity contribution >= 4 is 17.7 Å². The van der Waals surface area contributed by atoms with E-state index in [0.717, 1.165) is 13.0 Å². The minimum atomic E-state index is -0.0651. The number of nitrogens with one attached hydrogen (secondary N) is 2. The van der Waals surface area contributed by atoms with E-state index in [9.17, 15) is 4.79 Å². The van der Waals surface area contributed by atoms with E-state index in [2.05, 4.69) is 24.5 Å². The molecule has 0 aromatic carbocycles. The highest BCUT2D eigenvalue weighted by molar-refractivity contribution is 7.99. The molecule has 3 nitrogen and oxygen atoms in total. The smallest absolute Gasteiger partial charge is 0.236 e. The molecule has 2 N–H and O–H groups in total. The summed E-state index contributed by atoms with van der Waals surface area (Å²) in [7, 11) is 0. The van der Waals surface area contributed by atoms with Gasteiger partial charge in [0.1, 0.15) is 0 Å². The van der Waals surface area contributed by atoms with Gasteiger partial charge in [-0.15, -0.1) is 0 Å². The summed E-state index contributed by atoms with van der Waals surface area (Å²) in [5, 5.41) is 7.25. The second-order valence-corrected chi connectivity index (χ2v) is 6.93. The van der Waals surface area contributed by atoms with Crippen LogP contribution in [0.2, 0.25) is 0 Å². The Labute approximate surface area is 122 Å². The number of hydrogen-bond donors (Lipinski definition) is 2. The van der Waals surface area contributed by atoms with Crippen LogP contribution in [0.3, 0.4) is 0 Å². The summed E-state index contributed by atoms with van der Waals surface area (Å²) in [5.41, 5.74) is 0. The van der Waals surface area contributed by atoms with Crippen LogP contribution in [0.25, 0.3) is 0 Å². The molecule has 0 aliphatic heterocycles. The number of unbranched alkanes of at least 4 members (excludes halogenated alkanes) is 2. The topological polar surface area (TPSA) is 41.1 Å². The molecule has 1 aliphatic rings. The fourth-order valence-electron chi connectivity index (χ4n) is 2.67. The van der Waals surface area contributed by atoms with Crippen molar-refractivity contribution < 1.29 is 4.79 Å². The number of rotatable bonds is 9. The van der Waals surface area contributed by atoms with Gasteiger partial charge in [0.15, 0.2) is 0 Å². The fourth-order valence-corrected chi connectivity index (χ4v) is 3.88. The zero-order valence-electron chi connectivity index (χ0n) is 12.7. The van der Waals surface area contributed by atoms with Crippen LogP contribution in [-0.4, -0.2) is 35.5 Å². The Morgan fingerprint density at radius 2 is 2.11 bits per heavy atom. The average Bonchev–Trinajstić information content (AvgIpc) is 2.82. The Balaban J connectivity index is 2.24. The van der Waals surface area contributed by atoms with Gasteiger partial charge in [0.25, 0.3) is 0 Å². The number of thioether (sulfide) groups is 1. The van der Waals surface area contributed by atoms with Gasteiger partial charge in [0, 0.05) is 17.8 Å². The minimum Gasteiger partial charge on any atom is -0.355 e. The molecule has 3 unspecified atom stereocenters. The van der Waals surface area contributed by atoms with Crippen LogP contribution in [0.5, 0.6) is 0 Å². The molecule has 19 heavy (non-hydrogen) atoms. The first-order valence-corrected chi connectivity index (χ1v) is 8.89. The number of hydrogen-bond acceptors (Lipinski definition) is 3. The first-order valence-electron chi connectivity index (χ1n) is 7.84. The third-order valence-corrected chi connectivity index (χ3v) is 5.10. The van der Waals surface area contributed by atoms with Crippen LogP contribution < -0.4 is 10.6 Å². The van der Waals surface area contributed by atoms with Gasteiger partial charge in [0.2, 0.25) is 5.91 Å². The highest BCUT2D eigenvalue weighted by Crippen LogP contribution is 2.30. The van der Waals surface area contributed by atoms with Gasteiger partial charge in [-0.05, 0) is 31.9 Å². The molecule has 0 aromatic rings. The lowest BCUT2D eigenvalue weighted by Gasteiger charge is -2.24. The van der Waals surface area contributed by atoms with Gasteiger partial charge >= 0.3 is 0 Å². The number of amides is 1. The summed E-state index contributed by atoms with van der Waals surface area (Å²) < 4.78 is 0. The fraction of sp³-hybridized carbons (Fsp3) is 0.933. The van der Waals surface area contributed by atoms with E-state index in [1.54, 1.807) is 0 Å². The van der Waals surface area contributed by atoms with E-state index in [0.29, 0.717) is 11.3 Å². The molecule has 1 saturated carbocycles. The zero-order valence-corrected chi connectivity index (χ0v) is 13.5. The third-order valence-electron chi connectivity index (χ3n) is 3.77. The lowest BCUT2D eigenvalue weighted by molar-refractivity contribution is -0.122. The van der Waals surface area contributed by atoms with Gasteiger partial charge in [-0.2, -0.15) is 11.8 Å². The molecule has 1 amide bonds. The predicted molar refractivity (Wildman–Crippen MR) is 84.7 cm³/mol. The quantitative estimate of drug-likeness (QED) is 0.640. The molecule has 0 aromatic heterocycles. The molecule has 1 rings (SSSR count). The molecular weight excluding hydrogens is 256 g/mol. The van der Waals surface area contributed by atoms with Crippen molar-refractivity contribution in [3.05, 3.63) is 0 Å². The maximum Gasteiger partial charge on any atom is 0.236 e. The average molecular weight is 286 g/mol. The number of carbonyl (C=O) groups is 1. The van der Waals surface area contributed by atoms with Crippen LogP contribution >= 0.6 is 11.8 Å². The Bertz CT molecular complexity index is 261. The molecule has 1 aliphatic carbocycles. The van der Waals surface area contributed by atoms with Crippen molar-refractivity contribution in [1.82, 2.24) is 10.6 Å². The molecular formula is C15H30N2OS. The first-order chi connectivity index (χ1) is 9.19. The van der Waals surface area contributed by atoms with E-state index in [1.807, 2.05) is 18.7 Å². The maximum absolute atomic E-state index is 12.0. The lowest BCUT2D eigenvalue weighted by Crippen LogP contribution is -2.48. The van der Waals surface area contributed by atoms with E-state index < -0.39 is 0 Å². The lowest BCUT2D eigenvalue weighted by atomic mass is 10.2. The van der Waals surface area contributed by atoms with Crippen LogP contribution in [0, 0.1) is 0 Å². The molecule has 3 atom stereocenters. The summed E-state index contributed by atoms with van der Waals surface area (Å²) >= 11 is 2.03. The van der Waals surface area contributed by atoms with Gasteiger partial charge in [-0.3, -0.25) is 4.79 Å². The second-order valence-electron chi connectivity index (χ2n) is 5.42. The normalized spacial score (nSPS) is 24.4. The summed E-state index contributed by atoms with van der Waals surface area (Å²) in [4.78, 5) is 12.0. The van der Waals surface area contributed by atoms with E-state index >= 15 is 0 Å². The molecule has 112 valence electrons. The summed E-state index contributed by atoms with van der Waals surface area (Å²) in [6, 6.07) is 0.450. The first kappa shape index (κ1) is 16.8. The Kier molecular flexibility index (Phi) is 8.55. The molecule has 0 spiro atoms. The second kappa shape index (κ2) is 9.65. The highest BCUT2D eigenvalue weighted by atomic mass is 32.2. The summed E-state index contributed by atoms with van der Waals surface area (Å²) in [6.45, 7) is 7.19. The zero-order chi connectivity index (χ0) is 14.1. The maximum atomic E-state index is 12.0. The van der Waals surface area contributed by atoms with Crippen LogP contribution in [-0.2, 0) is 4.79 Å².